The Morgan fingerprint density at radius 2 is 1.85 bits per heavy atom. The van der Waals surface area contributed by atoms with Crippen LogP contribution in [0.4, 0.5) is 0 Å². The van der Waals surface area contributed by atoms with Gasteiger partial charge in [-0.2, -0.15) is 0 Å². The summed E-state index contributed by atoms with van der Waals surface area (Å²) in [7, 11) is 0. The Kier molecular flexibility index (Phi) is 6.02. The van der Waals surface area contributed by atoms with E-state index >= 15 is 0 Å². The Balaban J connectivity index is 1.90. The van der Waals surface area contributed by atoms with Gasteiger partial charge >= 0.3 is 0 Å². The molecular formula is C21H24N2O3. The Morgan fingerprint density at radius 3 is 2.62 bits per heavy atom. The van der Waals surface area contributed by atoms with Crippen LogP contribution in [0.25, 0.3) is 11.1 Å². The van der Waals surface area contributed by atoms with Gasteiger partial charge in [0.2, 0.25) is 0 Å². The third-order valence-electron chi connectivity index (χ3n) is 4.43. The highest BCUT2D eigenvalue weighted by Gasteiger charge is 2.21. The maximum atomic E-state index is 12.9. The van der Waals surface area contributed by atoms with E-state index in [1.807, 2.05) is 54.3 Å². The number of benzene rings is 2. The van der Waals surface area contributed by atoms with E-state index in [1.54, 1.807) is 6.07 Å². The van der Waals surface area contributed by atoms with Gasteiger partial charge in [0, 0.05) is 30.8 Å². The Labute approximate surface area is 154 Å². The zero-order valence-corrected chi connectivity index (χ0v) is 15.0. The number of morpholine rings is 1. The highest BCUT2D eigenvalue weighted by molar-refractivity contribution is 6.02. The van der Waals surface area contributed by atoms with Crippen LogP contribution in [0.1, 0.15) is 34.1 Å². The predicted octanol–water partition coefficient (Wildman–Crippen LogP) is 2.97. The molecule has 5 heteroatoms. The third kappa shape index (κ3) is 4.11. The number of carbonyl (C=O) groups is 2. The summed E-state index contributed by atoms with van der Waals surface area (Å²) in [5, 5.41) is 2.89. The molecule has 0 aliphatic carbocycles. The highest BCUT2D eigenvalue weighted by atomic mass is 16.5. The topological polar surface area (TPSA) is 58.6 Å². The van der Waals surface area contributed by atoms with Crippen LogP contribution in [0.3, 0.4) is 0 Å². The Bertz CT molecular complexity index is 782. The molecule has 1 fully saturated rings. The second-order valence-corrected chi connectivity index (χ2v) is 6.29. The van der Waals surface area contributed by atoms with Crippen molar-refractivity contribution in [2.45, 2.75) is 13.3 Å². The predicted molar refractivity (Wildman–Crippen MR) is 101 cm³/mol. The SMILES string of the molecule is CCCNC(=O)c1cccc(-c2ccccc2C(=O)N2CCOCC2)c1. The van der Waals surface area contributed by atoms with Crippen molar-refractivity contribution in [2.75, 3.05) is 32.8 Å². The van der Waals surface area contributed by atoms with Gasteiger partial charge in [-0.3, -0.25) is 9.59 Å². The van der Waals surface area contributed by atoms with Gasteiger partial charge in [0.05, 0.1) is 13.2 Å². The summed E-state index contributed by atoms with van der Waals surface area (Å²) in [4.78, 5) is 27.0. The van der Waals surface area contributed by atoms with E-state index in [-0.39, 0.29) is 11.8 Å². The minimum absolute atomic E-state index is 0.00439. The first-order valence-corrected chi connectivity index (χ1v) is 9.05. The molecule has 0 spiro atoms. The molecule has 1 aliphatic heterocycles. The number of hydrogen-bond donors (Lipinski definition) is 1. The van der Waals surface area contributed by atoms with E-state index in [2.05, 4.69) is 5.32 Å². The van der Waals surface area contributed by atoms with Gasteiger partial charge in [-0.1, -0.05) is 37.3 Å². The zero-order chi connectivity index (χ0) is 18.4. The van der Waals surface area contributed by atoms with Crippen LogP contribution in [-0.2, 0) is 4.74 Å². The number of ether oxygens (including phenoxy) is 1. The van der Waals surface area contributed by atoms with Gasteiger partial charge < -0.3 is 15.0 Å². The summed E-state index contributed by atoms with van der Waals surface area (Å²) < 4.78 is 5.34. The molecule has 5 nitrogen and oxygen atoms in total. The van der Waals surface area contributed by atoms with Crippen molar-refractivity contribution in [3.63, 3.8) is 0 Å². The van der Waals surface area contributed by atoms with E-state index in [4.69, 9.17) is 4.74 Å². The van der Waals surface area contributed by atoms with Gasteiger partial charge in [0.15, 0.2) is 0 Å². The molecule has 1 saturated heterocycles. The van der Waals surface area contributed by atoms with Gasteiger partial charge in [0.25, 0.3) is 11.8 Å². The van der Waals surface area contributed by atoms with E-state index in [1.165, 1.54) is 0 Å². The molecule has 0 saturated carbocycles. The molecule has 1 heterocycles. The largest absolute Gasteiger partial charge is 0.378 e. The molecule has 26 heavy (non-hydrogen) atoms. The summed E-state index contributed by atoms with van der Waals surface area (Å²) >= 11 is 0. The smallest absolute Gasteiger partial charge is 0.254 e. The van der Waals surface area contributed by atoms with Crippen molar-refractivity contribution in [3.8, 4) is 11.1 Å². The minimum atomic E-state index is -0.0920. The van der Waals surface area contributed by atoms with Crippen molar-refractivity contribution in [1.29, 1.82) is 0 Å². The highest BCUT2D eigenvalue weighted by Crippen LogP contribution is 2.26. The molecule has 0 atom stereocenters. The Hall–Kier alpha value is -2.66. The van der Waals surface area contributed by atoms with Gasteiger partial charge in [-0.25, -0.2) is 0 Å². The average molecular weight is 352 g/mol. The van der Waals surface area contributed by atoms with Crippen LogP contribution >= 0.6 is 0 Å². The van der Waals surface area contributed by atoms with Crippen molar-refractivity contribution >= 4 is 11.8 Å². The molecule has 2 amide bonds. The second kappa shape index (κ2) is 8.63. The lowest BCUT2D eigenvalue weighted by Crippen LogP contribution is -2.40. The van der Waals surface area contributed by atoms with Crippen LogP contribution in [0, 0.1) is 0 Å². The quantitative estimate of drug-likeness (QED) is 0.900. The molecule has 0 unspecified atom stereocenters. The molecule has 3 rings (SSSR count). The fourth-order valence-corrected chi connectivity index (χ4v) is 3.03. The Morgan fingerprint density at radius 1 is 1.08 bits per heavy atom. The van der Waals surface area contributed by atoms with Gasteiger partial charge in [-0.15, -0.1) is 0 Å². The number of amides is 2. The number of nitrogens with one attached hydrogen (secondary N) is 1. The normalized spacial score (nSPS) is 14.1. The number of hydrogen-bond acceptors (Lipinski definition) is 3. The lowest BCUT2D eigenvalue weighted by atomic mass is 9.97. The van der Waals surface area contributed by atoms with Crippen molar-refractivity contribution in [1.82, 2.24) is 10.2 Å². The van der Waals surface area contributed by atoms with Crippen LogP contribution in [0.5, 0.6) is 0 Å². The first-order chi connectivity index (χ1) is 12.7. The van der Waals surface area contributed by atoms with Crippen LogP contribution < -0.4 is 5.32 Å². The van der Waals surface area contributed by atoms with Crippen LogP contribution in [-0.4, -0.2) is 49.6 Å². The number of nitrogens with zero attached hydrogens (tertiary/aromatic N) is 1. The van der Waals surface area contributed by atoms with Crippen molar-refractivity contribution in [2.24, 2.45) is 0 Å². The number of rotatable bonds is 5. The van der Waals surface area contributed by atoms with Crippen LogP contribution in [0.15, 0.2) is 48.5 Å². The van der Waals surface area contributed by atoms with Gasteiger partial charge in [-0.05, 0) is 35.7 Å². The molecule has 136 valence electrons. The third-order valence-corrected chi connectivity index (χ3v) is 4.43. The first-order valence-electron chi connectivity index (χ1n) is 9.05. The summed E-state index contributed by atoms with van der Waals surface area (Å²) in [6.45, 7) is 5.01. The summed E-state index contributed by atoms with van der Waals surface area (Å²) in [6, 6.07) is 15.0. The van der Waals surface area contributed by atoms with Gasteiger partial charge in [0.1, 0.15) is 0 Å². The van der Waals surface area contributed by atoms with Crippen molar-refractivity contribution in [3.05, 3.63) is 59.7 Å². The number of carbonyl (C=O) groups excluding carboxylic acids is 2. The summed E-state index contributed by atoms with van der Waals surface area (Å²) in [5.41, 5.74) is 2.96. The average Bonchev–Trinajstić information content (AvgIpc) is 2.72. The van der Waals surface area contributed by atoms with E-state index in [9.17, 15) is 9.59 Å². The maximum absolute atomic E-state index is 12.9. The zero-order valence-electron chi connectivity index (χ0n) is 15.0. The molecule has 0 radical (unpaired) electrons. The second-order valence-electron chi connectivity index (χ2n) is 6.29. The molecule has 1 N–H and O–H groups in total. The molecule has 0 aromatic heterocycles. The van der Waals surface area contributed by atoms with Crippen LogP contribution in [0.2, 0.25) is 0 Å². The molecule has 2 aromatic carbocycles. The summed E-state index contributed by atoms with van der Waals surface area (Å²) in [5.74, 6) is -0.0876. The molecule has 2 aromatic rings. The standard InChI is InChI=1S/C21H24N2O3/c1-2-10-22-20(24)17-7-5-6-16(15-17)18-8-3-4-9-19(18)21(25)23-11-13-26-14-12-23/h3-9,15H,2,10-14H2,1H3,(H,22,24). The molecule has 1 aliphatic rings. The molecule has 0 bridgehead atoms. The lowest BCUT2D eigenvalue weighted by molar-refractivity contribution is 0.0303. The lowest BCUT2D eigenvalue weighted by Gasteiger charge is -2.27. The van der Waals surface area contributed by atoms with E-state index < -0.39 is 0 Å². The first kappa shape index (κ1) is 18.1. The van der Waals surface area contributed by atoms with Crippen molar-refractivity contribution < 1.29 is 14.3 Å². The maximum Gasteiger partial charge on any atom is 0.254 e. The van der Waals surface area contributed by atoms with E-state index in [0.717, 1.165) is 17.5 Å². The molecular weight excluding hydrogens is 328 g/mol. The fourth-order valence-electron chi connectivity index (χ4n) is 3.03. The minimum Gasteiger partial charge on any atom is -0.378 e. The summed E-state index contributed by atoms with van der Waals surface area (Å²) in [6.07, 6.45) is 0.891. The van der Waals surface area contributed by atoms with E-state index in [0.29, 0.717) is 44.0 Å². The fraction of sp³-hybridized carbons (Fsp3) is 0.333. The monoisotopic (exact) mass is 352 g/mol.